The van der Waals surface area contributed by atoms with Crippen LogP contribution in [-0.4, -0.2) is 7.11 Å². The number of allylic oxidation sites excluding steroid dienone is 2. The topological polar surface area (TPSA) is 9.23 Å². The van der Waals surface area contributed by atoms with E-state index in [0.717, 1.165) is 11.3 Å². The van der Waals surface area contributed by atoms with Crippen molar-refractivity contribution in [1.82, 2.24) is 0 Å². The molecule has 0 bridgehead atoms. The third-order valence-electron chi connectivity index (χ3n) is 1.90. The van der Waals surface area contributed by atoms with Crippen LogP contribution in [0.2, 0.25) is 0 Å². The van der Waals surface area contributed by atoms with Crippen molar-refractivity contribution < 1.29 is 4.74 Å². The summed E-state index contributed by atoms with van der Waals surface area (Å²) >= 11 is 0. The maximum absolute atomic E-state index is 5.25. The maximum Gasteiger partial charge on any atom is 0.126 e. The molecule has 0 saturated heterocycles. The van der Waals surface area contributed by atoms with Gasteiger partial charge >= 0.3 is 0 Å². The van der Waals surface area contributed by atoms with Crippen molar-refractivity contribution in [3.05, 3.63) is 54.1 Å². The highest BCUT2D eigenvalue weighted by molar-refractivity contribution is 5.63. The Morgan fingerprint density at radius 1 is 1.38 bits per heavy atom. The van der Waals surface area contributed by atoms with Crippen LogP contribution in [0.5, 0.6) is 0 Å². The van der Waals surface area contributed by atoms with E-state index in [1.54, 1.807) is 13.2 Å². The summed E-state index contributed by atoms with van der Waals surface area (Å²) in [5.41, 5.74) is 2.32. The molecular weight excluding hydrogens is 160 g/mol. The zero-order valence-electron chi connectivity index (χ0n) is 8.08. The molecule has 1 rings (SSSR count). The highest BCUT2D eigenvalue weighted by Gasteiger charge is 2.01. The number of ether oxygens (including phenoxy) is 1. The second-order valence-electron chi connectivity index (χ2n) is 2.79. The van der Waals surface area contributed by atoms with Crippen LogP contribution < -0.4 is 0 Å². The Bertz CT molecular complexity index is 324. The van der Waals surface area contributed by atoms with Crippen LogP contribution in [0.4, 0.5) is 0 Å². The lowest BCUT2D eigenvalue weighted by atomic mass is 10.1. The van der Waals surface area contributed by atoms with Gasteiger partial charge in [0, 0.05) is 5.56 Å². The maximum atomic E-state index is 5.25. The van der Waals surface area contributed by atoms with Crippen LogP contribution in [0.3, 0.4) is 0 Å². The average Bonchev–Trinajstić information content (AvgIpc) is 2.16. The molecule has 0 atom stereocenters. The lowest BCUT2D eigenvalue weighted by Crippen LogP contribution is -1.90. The lowest BCUT2D eigenvalue weighted by molar-refractivity contribution is 0.370. The molecule has 68 valence electrons. The van der Waals surface area contributed by atoms with Gasteiger partial charge in [-0.2, -0.15) is 0 Å². The summed E-state index contributed by atoms with van der Waals surface area (Å²) in [5, 5.41) is 0. The van der Waals surface area contributed by atoms with Gasteiger partial charge in [0.25, 0.3) is 0 Å². The predicted octanol–water partition coefficient (Wildman–Crippen LogP) is 3.17. The van der Waals surface area contributed by atoms with Gasteiger partial charge in [0.1, 0.15) is 5.76 Å². The van der Waals surface area contributed by atoms with E-state index in [0.29, 0.717) is 0 Å². The summed E-state index contributed by atoms with van der Waals surface area (Å²) < 4.78 is 5.25. The molecule has 0 radical (unpaired) electrons. The highest BCUT2D eigenvalue weighted by atomic mass is 16.5. The van der Waals surface area contributed by atoms with E-state index in [9.17, 15) is 0 Å². The molecule has 0 N–H and O–H groups in total. The largest absolute Gasteiger partial charge is 0.496 e. The third kappa shape index (κ3) is 2.22. The van der Waals surface area contributed by atoms with Crippen molar-refractivity contribution in [3.8, 4) is 0 Å². The molecule has 0 spiro atoms. The van der Waals surface area contributed by atoms with E-state index in [2.05, 4.69) is 19.6 Å². The van der Waals surface area contributed by atoms with Crippen molar-refractivity contribution in [1.29, 1.82) is 0 Å². The zero-order chi connectivity index (χ0) is 9.68. The Balaban J connectivity index is 3.12. The first-order valence-corrected chi connectivity index (χ1v) is 4.22. The fourth-order valence-corrected chi connectivity index (χ4v) is 1.22. The first-order valence-electron chi connectivity index (χ1n) is 4.22. The minimum atomic E-state index is 0.855. The van der Waals surface area contributed by atoms with Gasteiger partial charge in [-0.1, -0.05) is 36.9 Å². The van der Waals surface area contributed by atoms with E-state index in [1.165, 1.54) is 5.56 Å². The van der Waals surface area contributed by atoms with Gasteiger partial charge in [-0.3, -0.25) is 0 Å². The van der Waals surface area contributed by atoms with Gasteiger partial charge in [0.2, 0.25) is 0 Å². The molecule has 0 unspecified atom stereocenters. The van der Waals surface area contributed by atoms with Gasteiger partial charge in [-0.25, -0.2) is 0 Å². The summed E-state index contributed by atoms with van der Waals surface area (Å²) in [4.78, 5) is 0. The molecular formula is C12H14O. The monoisotopic (exact) mass is 174 g/mol. The molecule has 0 aliphatic heterocycles. The Labute approximate surface area is 79.4 Å². The van der Waals surface area contributed by atoms with Crippen LogP contribution in [0.1, 0.15) is 11.1 Å². The summed E-state index contributed by atoms with van der Waals surface area (Å²) in [7, 11) is 1.67. The van der Waals surface area contributed by atoms with Gasteiger partial charge in [-0.05, 0) is 18.6 Å². The van der Waals surface area contributed by atoms with E-state index in [4.69, 9.17) is 4.74 Å². The molecule has 0 heterocycles. The zero-order valence-corrected chi connectivity index (χ0v) is 8.08. The molecule has 1 aromatic carbocycles. The fourth-order valence-electron chi connectivity index (χ4n) is 1.22. The quantitative estimate of drug-likeness (QED) is 0.505. The van der Waals surface area contributed by atoms with E-state index >= 15 is 0 Å². The molecule has 1 aromatic rings. The Hall–Kier alpha value is -1.50. The van der Waals surface area contributed by atoms with Crippen LogP contribution in [0.25, 0.3) is 5.76 Å². The average molecular weight is 174 g/mol. The van der Waals surface area contributed by atoms with Gasteiger partial charge < -0.3 is 4.74 Å². The normalized spacial score (nSPS) is 11.1. The summed E-state index contributed by atoms with van der Waals surface area (Å²) in [6.07, 6.45) is 3.59. The van der Waals surface area contributed by atoms with Gasteiger partial charge in [0.05, 0.1) is 7.11 Å². The molecule has 0 aromatic heterocycles. The Morgan fingerprint density at radius 2 is 2.08 bits per heavy atom. The van der Waals surface area contributed by atoms with Gasteiger partial charge in [-0.15, -0.1) is 0 Å². The van der Waals surface area contributed by atoms with Gasteiger partial charge in [0.15, 0.2) is 0 Å². The Kier molecular flexibility index (Phi) is 3.32. The summed E-state index contributed by atoms with van der Waals surface area (Å²) in [6, 6.07) is 8.11. The van der Waals surface area contributed by atoms with Crippen LogP contribution in [0.15, 0.2) is 43.0 Å². The molecule has 0 fully saturated rings. The number of methoxy groups -OCH3 is 1. The first kappa shape index (κ1) is 9.59. The predicted molar refractivity (Wildman–Crippen MR) is 56.4 cm³/mol. The molecule has 1 heteroatoms. The molecule has 1 nitrogen and oxygen atoms in total. The highest BCUT2D eigenvalue weighted by Crippen LogP contribution is 2.18. The standard InChI is InChI=1S/C12H14O/c1-4-7-12(13-3)11-9-6-5-8-10(11)2/h4-9H,1H2,2-3H3/b12-7-. The number of benzene rings is 1. The SMILES string of the molecule is C=C/C=C(\OC)c1ccccc1C. The molecule has 13 heavy (non-hydrogen) atoms. The van der Waals surface area contributed by atoms with E-state index < -0.39 is 0 Å². The summed E-state index contributed by atoms with van der Waals surface area (Å²) in [5.74, 6) is 0.855. The van der Waals surface area contributed by atoms with Crippen molar-refractivity contribution in [2.75, 3.05) is 7.11 Å². The van der Waals surface area contributed by atoms with E-state index in [1.807, 2.05) is 24.3 Å². The molecule has 0 aliphatic rings. The second-order valence-corrected chi connectivity index (χ2v) is 2.79. The minimum absolute atomic E-state index is 0.855. The van der Waals surface area contributed by atoms with Crippen molar-refractivity contribution in [2.45, 2.75) is 6.92 Å². The smallest absolute Gasteiger partial charge is 0.126 e. The lowest BCUT2D eigenvalue weighted by Gasteiger charge is -2.07. The van der Waals surface area contributed by atoms with Crippen molar-refractivity contribution in [3.63, 3.8) is 0 Å². The number of hydrogen-bond acceptors (Lipinski definition) is 1. The first-order chi connectivity index (χ1) is 6.29. The fraction of sp³-hybridized carbons (Fsp3) is 0.167. The van der Waals surface area contributed by atoms with Crippen LogP contribution >= 0.6 is 0 Å². The second kappa shape index (κ2) is 4.51. The third-order valence-corrected chi connectivity index (χ3v) is 1.90. The minimum Gasteiger partial charge on any atom is -0.496 e. The van der Waals surface area contributed by atoms with Crippen LogP contribution in [-0.2, 0) is 4.74 Å². The summed E-state index contributed by atoms with van der Waals surface area (Å²) in [6.45, 7) is 5.71. The van der Waals surface area contributed by atoms with Crippen molar-refractivity contribution in [2.24, 2.45) is 0 Å². The molecule has 0 amide bonds. The number of hydrogen-bond donors (Lipinski definition) is 0. The number of rotatable bonds is 3. The molecule has 0 aliphatic carbocycles. The number of aryl methyl sites for hydroxylation is 1. The van der Waals surface area contributed by atoms with Crippen LogP contribution in [0, 0.1) is 6.92 Å². The molecule has 0 saturated carbocycles. The Morgan fingerprint density at radius 3 is 2.62 bits per heavy atom. The van der Waals surface area contributed by atoms with E-state index in [-0.39, 0.29) is 0 Å². The van der Waals surface area contributed by atoms with Crippen molar-refractivity contribution >= 4 is 5.76 Å².